The van der Waals surface area contributed by atoms with Gasteiger partial charge in [-0.2, -0.15) is 0 Å². The molecule has 21 heavy (non-hydrogen) atoms. The molecule has 1 aromatic carbocycles. The highest BCUT2D eigenvalue weighted by Gasteiger charge is 2.20. The summed E-state index contributed by atoms with van der Waals surface area (Å²) in [5.74, 6) is -0.735. The number of nitrogens with zero attached hydrogens (tertiary/aromatic N) is 3. The summed E-state index contributed by atoms with van der Waals surface area (Å²) in [5, 5.41) is 10.7. The third-order valence-electron chi connectivity index (χ3n) is 2.79. The summed E-state index contributed by atoms with van der Waals surface area (Å²) >= 11 is 12.1. The van der Waals surface area contributed by atoms with E-state index < -0.39 is 10.7 Å². The maximum absolute atomic E-state index is 12.0. The maximum atomic E-state index is 12.0. The molecule has 0 radical (unpaired) electrons. The Kier molecular flexibility index (Phi) is 3.15. The van der Waals surface area contributed by atoms with Crippen molar-refractivity contribution in [3.05, 3.63) is 61.2 Å². The molecule has 106 valence electrons. The van der Waals surface area contributed by atoms with Gasteiger partial charge in [0.05, 0.1) is 20.7 Å². The lowest BCUT2D eigenvalue weighted by molar-refractivity contribution is -0.384. The molecular weight excluding hydrogens is 321 g/mol. The number of nitro groups is 1. The number of pyridine rings is 1. The summed E-state index contributed by atoms with van der Waals surface area (Å²) in [4.78, 5) is 26.0. The van der Waals surface area contributed by atoms with Gasteiger partial charge in [-0.15, -0.1) is 0 Å². The second-order valence-corrected chi connectivity index (χ2v) is 4.86. The lowest BCUT2D eigenvalue weighted by Gasteiger charge is -2.07. The first kappa shape index (κ1) is 13.6. The third-order valence-corrected chi connectivity index (χ3v) is 3.37. The normalized spacial score (nSPS) is 11.0. The molecule has 0 atom stereocenters. The van der Waals surface area contributed by atoms with E-state index in [4.69, 9.17) is 27.6 Å². The average molecular weight is 326 g/mol. The number of benzene rings is 1. The summed E-state index contributed by atoms with van der Waals surface area (Å²) in [6.07, 6.45) is 1.47. The van der Waals surface area contributed by atoms with E-state index in [1.165, 1.54) is 6.20 Å². The average Bonchev–Trinajstić information content (AvgIpc) is 2.74. The van der Waals surface area contributed by atoms with Crippen LogP contribution in [-0.2, 0) is 0 Å². The molecule has 3 rings (SSSR count). The van der Waals surface area contributed by atoms with E-state index in [-0.39, 0.29) is 27.1 Å². The quantitative estimate of drug-likeness (QED) is 0.533. The van der Waals surface area contributed by atoms with Gasteiger partial charge in [0.25, 0.3) is 5.69 Å². The van der Waals surface area contributed by atoms with Crippen LogP contribution in [0.3, 0.4) is 0 Å². The van der Waals surface area contributed by atoms with Crippen molar-refractivity contribution in [1.29, 1.82) is 0 Å². The minimum atomic E-state index is -0.735. The smallest absolute Gasteiger partial charge is 0.388 e. The van der Waals surface area contributed by atoms with Gasteiger partial charge in [0.2, 0.25) is 5.71 Å². The van der Waals surface area contributed by atoms with Crippen molar-refractivity contribution < 1.29 is 9.34 Å². The lowest BCUT2D eigenvalue weighted by Crippen LogP contribution is -2.13. The first-order valence-electron chi connectivity index (χ1n) is 5.59. The van der Waals surface area contributed by atoms with Gasteiger partial charge < -0.3 is 4.42 Å². The van der Waals surface area contributed by atoms with Gasteiger partial charge in [-0.25, -0.2) is 14.3 Å². The number of non-ortho nitro benzene ring substituents is 1. The Hall–Kier alpha value is -2.38. The molecule has 2 aromatic heterocycles. The van der Waals surface area contributed by atoms with Crippen molar-refractivity contribution >= 4 is 40.1 Å². The van der Waals surface area contributed by atoms with Crippen LogP contribution in [0.25, 0.3) is 16.9 Å². The van der Waals surface area contributed by atoms with Crippen molar-refractivity contribution in [3.8, 4) is 5.69 Å². The zero-order chi connectivity index (χ0) is 15.1. The number of hydrogen-bond donors (Lipinski definition) is 0. The molecule has 9 heteroatoms. The van der Waals surface area contributed by atoms with E-state index in [1.807, 2.05) is 0 Å². The number of hydrogen-bond acceptors (Lipinski definition) is 5. The van der Waals surface area contributed by atoms with Crippen LogP contribution in [0, 0.1) is 10.1 Å². The van der Waals surface area contributed by atoms with Crippen molar-refractivity contribution in [3.63, 3.8) is 0 Å². The highest BCUT2D eigenvalue weighted by molar-refractivity contribution is 6.38. The molecule has 0 aliphatic heterocycles. The number of rotatable bonds is 2. The largest absolute Gasteiger partial charge is 0.426 e. The Morgan fingerprint density at radius 2 is 1.95 bits per heavy atom. The topological polar surface area (TPSA) is 91.2 Å². The van der Waals surface area contributed by atoms with E-state index in [2.05, 4.69) is 4.98 Å². The Bertz CT molecular complexity index is 909. The van der Waals surface area contributed by atoms with Crippen molar-refractivity contribution in [2.75, 3.05) is 0 Å². The van der Waals surface area contributed by atoms with Crippen LogP contribution in [-0.4, -0.2) is 14.5 Å². The predicted molar refractivity (Wildman–Crippen MR) is 76.3 cm³/mol. The van der Waals surface area contributed by atoms with Gasteiger partial charge >= 0.3 is 5.76 Å². The minimum Gasteiger partial charge on any atom is -0.388 e. The van der Waals surface area contributed by atoms with Crippen LogP contribution in [0.5, 0.6) is 0 Å². The number of oxazole rings is 1. The zero-order valence-electron chi connectivity index (χ0n) is 10.1. The van der Waals surface area contributed by atoms with Crippen LogP contribution < -0.4 is 5.76 Å². The Labute approximate surface area is 126 Å². The molecule has 0 spiro atoms. The van der Waals surface area contributed by atoms with E-state index >= 15 is 0 Å². The summed E-state index contributed by atoms with van der Waals surface area (Å²) < 4.78 is 6.11. The first-order chi connectivity index (χ1) is 9.99. The number of nitro benzene ring substituents is 1. The fourth-order valence-electron chi connectivity index (χ4n) is 1.94. The van der Waals surface area contributed by atoms with Gasteiger partial charge in [0.1, 0.15) is 5.52 Å². The molecule has 0 unspecified atom stereocenters. The van der Waals surface area contributed by atoms with Crippen molar-refractivity contribution in [2.24, 2.45) is 0 Å². The summed E-state index contributed by atoms with van der Waals surface area (Å²) in [5.41, 5.74) is 0.321. The zero-order valence-corrected chi connectivity index (χ0v) is 11.6. The summed E-state index contributed by atoms with van der Waals surface area (Å²) in [7, 11) is 0. The molecule has 3 aromatic rings. The summed E-state index contributed by atoms with van der Waals surface area (Å²) in [6, 6.07) is 5.44. The Morgan fingerprint density at radius 3 is 2.57 bits per heavy atom. The summed E-state index contributed by atoms with van der Waals surface area (Å²) in [6.45, 7) is 0. The number of halogens is 2. The van der Waals surface area contributed by atoms with Gasteiger partial charge in [-0.05, 0) is 12.1 Å². The van der Waals surface area contributed by atoms with Gasteiger partial charge in [0.15, 0.2) is 0 Å². The van der Waals surface area contributed by atoms with Gasteiger partial charge in [0, 0.05) is 18.3 Å². The molecule has 0 bridgehead atoms. The molecule has 0 amide bonds. The third kappa shape index (κ3) is 2.16. The van der Waals surface area contributed by atoms with Crippen molar-refractivity contribution in [1.82, 2.24) is 9.55 Å². The standard InChI is InChI=1S/C12H5Cl2N3O4/c13-7-4-6(17(19)20)5-8(14)10(7)16-9-2-1-3-15-11(9)21-12(16)18/h1-5H. The van der Waals surface area contributed by atoms with Crippen LogP contribution in [0.4, 0.5) is 5.69 Å². The van der Waals surface area contributed by atoms with Crippen molar-refractivity contribution in [2.45, 2.75) is 0 Å². The SMILES string of the molecule is O=c1oc2ncccc2n1-c1c(Cl)cc([N+](=O)[O-])cc1Cl. The minimum absolute atomic E-state index is 0.0390. The van der Waals surface area contributed by atoms with Crippen LogP contribution in [0.1, 0.15) is 0 Å². The Balaban J connectivity index is 2.36. The molecule has 2 heterocycles. The highest BCUT2D eigenvalue weighted by atomic mass is 35.5. The van der Waals surface area contributed by atoms with Crippen LogP contribution >= 0.6 is 23.2 Å². The lowest BCUT2D eigenvalue weighted by atomic mass is 10.2. The van der Waals surface area contributed by atoms with Crippen LogP contribution in [0.15, 0.2) is 39.7 Å². The van der Waals surface area contributed by atoms with Crippen LogP contribution in [0.2, 0.25) is 10.0 Å². The molecule has 7 nitrogen and oxygen atoms in total. The molecule has 0 saturated carbocycles. The van der Waals surface area contributed by atoms with E-state index in [0.717, 1.165) is 16.7 Å². The molecule has 0 N–H and O–H groups in total. The number of fused-ring (bicyclic) bond motifs is 1. The van der Waals surface area contributed by atoms with Gasteiger partial charge in [-0.1, -0.05) is 23.2 Å². The second kappa shape index (κ2) is 4.87. The second-order valence-electron chi connectivity index (χ2n) is 4.05. The highest BCUT2D eigenvalue weighted by Crippen LogP contribution is 2.33. The van der Waals surface area contributed by atoms with E-state index in [9.17, 15) is 14.9 Å². The first-order valence-corrected chi connectivity index (χ1v) is 6.35. The van der Waals surface area contributed by atoms with Gasteiger partial charge in [-0.3, -0.25) is 10.1 Å². The maximum Gasteiger partial charge on any atom is 0.426 e. The molecule has 0 aliphatic carbocycles. The molecular formula is C12H5Cl2N3O4. The monoisotopic (exact) mass is 325 g/mol. The van der Waals surface area contributed by atoms with E-state index in [0.29, 0.717) is 5.52 Å². The molecule has 0 saturated heterocycles. The van der Waals surface area contributed by atoms with E-state index in [1.54, 1.807) is 12.1 Å². The predicted octanol–water partition coefficient (Wildman–Crippen LogP) is 3.19. The fourth-order valence-corrected chi connectivity index (χ4v) is 2.59. The molecule has 0 aliphatic rings. The Morgan fingerprint density at radius 1 is 1.29 bits per heavy atom. The number of aromatic nitrogens is 2. The molecule has 0 fully saturated rings. The fraction of sp³-hybridized carbons (Fsp3) is 0.